The van der Waals surface area contributed by atoms with E-state index in [0.717, 1.165) is 43.9 Å². The summed E-state index contributed by atoms with van der Waals surface area (Å²) in [5.74, 6) is 0.788. The van der Waals surface area contributed by atoms with Gasteiger partial charge in [-0.25, -0.2) is 0 Å². The Hall–Kier alpha value is -3.90. The number of nitrogens with one attached hydrogen (secondary N) is 2. The largest absolute Gasteiger partial charge is 0.487 e. The Morgan fingerprint density at radius 2 is 1.88 bits per heavy atom. The minimum absolute atomic E-state index is 0.429. The number of hydrogen-bond donors (Lipinski definition) is 2. The van der Waals surface area contributed by atoms with Gasteiger partial charge in [0.1, 0.15) is 12.4 Å². The lowest BCUT2D eigenvalue weighted by molar-refractivity contribution is 0.301. The van der Waals surface area contributed by atoms with Crippen molar-refractivity contribution in [1.29, 1.82) is 0 Å². The summed E-state index contributed by atoms with van der Waals surface area (Å²) in [6.07, 6.45) is 11.8. The molecule has 5 nitrogen and oxygen atoms in total. The summed E-state index contributed by atoms with van der Waals surface area (Å²) in [7, 11) is 0. The van der Waals surface area contributed by atoms with E-state index in [1.54, 1.807) is 6.20 Å². The van der Waals surface area contributed by atoms with Crippen LogP contribution in [0.15, 0.2) is 83.6 Å². The molecule has 3 aromatic heterocycles. The molecule has 0 aliphatic rings. The van der Waals surface area contributed by atoms with Crippen molar-refractivity contribution in [2.24, 2.45) is 0 Å². The second-order valence-corrected chi connectivity index (χ2v) is 8.39. The molecule has 2 N–H and O–H groups in total. The van der Waals surface area contributed by atoms with Crippen molar-refractivity contribution < 1.29 is 4.74 Å². The maximum atomic E-state index is 5.89. The molecule has 0 aliphatic heterocycles. The molecule has 5 rings (SSSR count). The van der Waals surface area contributed by atoms with Crippen LogP contribution in [0, 0.1) is 0 Å². The Kier molecular flexibility index (Phi) is 6.17. The number of ether oxygens (including phenoxy) is 1. The molecule has 5 aromatic rings. The van der Waals surface area contributed by atoms with E-state index < -0.39 is 0 Å². The van der Waals surface area contributed by atoms with Crippen LogP contribution in [0.4, 0.5) is 0 Å². The van der Waals surface area contributed by atoms with Crippen LogP contribution in [0.1, 0.15) is 28.2 Å². The number of rotatable bonds is 7. The van der Waals surface area contributed by atoms with Crippen LogP contribution in [0.25, 0.3) is 35.2 Å². The van der Waals surface area contributed by atoms with Crippen LogP contribution in [0.2, 0.25) is 0 Å². The first-order valence-electron chi connectivity index (χ1n) is 10.5. The van der Waals surface area contributed by atoms with Gasteiger partial charge in [-0.2, -0.15) is 5.10 Å². The van der Waals surface area contributed by atoms with Gasteiger partial charge < -0.3 is 9.72 Å². The van der Waals surface area contributed by atoms with E-state index in [0.29, 0.717) is 6.61 Å². The second-order valence-electron chi connectivity index (χ2n) is 7.53. The summed E-state index contributed by atoms with van der Waals surface area (Å²) in [6, 6.07) is 22.1. The molecule has 0 saturated carbocycles. The van der Waals surface area contributed by atoms with Gasteiger partial charge in [-0.3, -0.25) is 10.1 Å². The first kappa shape index (κ1) is 21.0. The van der Waals surface area contributed by atoms with Gasteiger partial charge in [0.15, 0.2) is 0 Å². The minimum Gasteiger partial charge on any atom is -0.487 e. The van der Waals surface area contributed by atoms with Gasteiger partial charge in [-0.1, -0.05) is 46.3 Å². The van der Waals surface area contributed by atoms with Crippen LogP contribution < -0.4 is 4.74 Å². The SMILES string of the molecule is Brc1ccc(OCc2ccccn2)cc1/C=C/c1cc(/C=C/c2ccc3cc[nH]c3c2)n[nH]1. The van der Waals surface area contributed by atoms with Crippen molar-refractivity contribution >= 4 is 51.1 Å². The smallest absolute Gasteiger partial charge is 0.130 e. The lowest BCUT2D eigenvalue weighted by Gasteiger charge is -2.07. The van der Waals surface area contributed by atoms with Gasteiger partial charge >= 0.3 is 0 Å². The zero-order valence-electron chi connectivity index (χ0n) is 17.7. The van der Waals surface area contributed by atoms with Gasteiger partial charge in [0, 0.05) is 22.4 Å². The average Bonchev–Trinajstić information content (AvgIpc) is 3.51. The molecular formula is C27H21BrN4O. The molecule has 33 heavy (non-hydrogen) atoms. The Labute approximate surface area is 200 Å². The Morgan fingerprint density at radius 3 is 2.79 bits per heavy atom. The van der Waals surface area contributed by atoms with Gasteiger partial charge in [0.05, 0.1) is 17.1 Å². The number of nitrogens with zero attached hydrogens (tertiary/aromatic N) is 2. The molecule has 0 atom stereocenters. The number of aromatic amines is 2. The fourth-order valence-electron chi connectivity index (χ4n) is 3.43. The van der Waals surface area contributed by atoms with Crippen LogP contribution in [0.5, 0.6) is 5.75 Å². The van der Waals surface area contributed by atoms with Gasteiger partial charge in [-0.05, 0) is 77.2 Å². The number of aromatic nitrogens is 4. The highest BCUT2D eigenvalue weighted by Crippen LogP contribution is 2.25. The summed E-state index contributed by atoms with van der Waals surface area (Å²) >= 11 is 3.61. The Balaban J connectivity index is 1.25. The highest BCUT2D eigenvalue weighted by Gasteiger charge is 2.03. The van der Waals surface area contributed by atoms with E-state index in [4.69, 9.17) is 4.74 Å². The van der Waals surface area contributed by atoms with E-state index in [1.807, 2.05) is 66.9 Å². The van der Waals surface area contributed by atoms with Crippen molar-refractivity contribution in [3.05, 3.63) is 112 Å². The predicted octanol–water partition coefficient (Wildman–Crippen LogP) is 6.97. The third kappa shape index (κ3) is 5.30. The summed E-state index contributed by atoms with van der Waals surface area (Å²) in [5.41, 5.74) is 5.94. The fourth-order valence-corrected chi connectivity index (χ4v) is 3.81. The zero-order chi connectivity index (χ0) is 22.5. The molecule has 0 saturated heterocycles. The van der Waals surface area contributed by atoms with E-state index in [-0.39, 0.29) is 0 Å². The standard InChI is InChI=1S/C27H21BrN4O/c28-26-11-10-25(33-18-24-3-1-2-13-29-24)16-21(26)7-9-23-17-22(31-32-23)8-5-19-4-6-20-12-14-30-27(20)15-19/h1-17,30H,18H2,(H,31,32)/b8-5+,9-7+. The molecule has 0 amide bonds. The molecule has 0 fully saturated rings. The number of halogens is 1. The number of H-pyrrole nitrogens is 2. The molecule has 2 aromatic carbocycles. The number of benzene rings is 2. The minimum atomic E-state index is 0.429. The first-order chi connectivity index (χ1) is 16.2. The molecule has 0 aliphatic carbocycles. The number of hydrogen-bond acceptors (Lipinski definition) is 3. The third-order valence-corrected chi connectivity index (χ3v) is 5.89. The summed E-state index contributed by atoms with van der Waals surface area (Å²) in [5, 5.41) is 8.66. The van der Waals surface area contributed by atoms with Gasteiger partial charge in [0.25, 0.3) is 0 Å². The molecule has 0 spiro atoms. The maximum Gasteiger partial charge on any atom is 0.130 e. The molecule has 162 valence electrons. The molecule has 0 bridgehead atoms. The second kappa shape index (κ2) is 9.71. The van der Waals surface area contributed by atoms with E-state index in [9.17, 15) is 0 Å². The van der Waals surface area contributed by atoms with E-state index in [2.05, 4.69) is 66.4 Å². The quantitative estimate of drug-likeness (QED) is 0.255. The van der Waals surface area contributed by atoms with Crippen LogP contribution in [-0.2, 0) is 6.61 Å². The van der Waals surface area contributed by atoms with Crippen LogP contribution in [-0.4, -0.2) is 20.2 Å². The Morgan fingerprint density at radius 1 is 0.909 bits per heavy atom. The van der Waals surface area contributed by atoms with Crippen molar-refractivity contribution in [3.8, 4) is 5.75 Å². The molecule has 0 unspecified atom stereocenters. The van der Waals surface area contributed by atoms with Crippen molar-refractivity contribution in [1.82, 2.24) is 20.2 Å². The van der Waals surface area contributed by atoms with Crippen molar-refractivity contribution in [2.45, 2.75) is 6.61 Å². The maximum absolute atomic E-state index is 5.89. The summed E-state index contributed by atoms with van der Waals surface area (Å²) in [4.78, 5) is 7.53. The number of fused-ring (bicyclic) bond motifs is 1. The molecule has 0 radical (unpaired) electrons. The van der Waals surface area contributed by atoms with E-state index >= 15 is 0 Å². The Bertz CT molecular complexity index is 1430. The highest BCUT2D eigenvalue weighted by molar-refractivity contribution is 9.10. The third-order valence-electron chi connectivity index (χ3n) is 5.17. The molecular weight excluding hydrogens is 476 g/mol. The van der Waals surface area contributed by atoms with Crippen molar-refractivity contribution in [3.63, 3.8) is 0 Å². The topological polar surface area (TPSA) is 66.6 Å². The fraction of sp³-hybridized carbons (Fsp3) is 0.0370. The number of pyridine rings is 1. The van der Waals surface area contributed by atoms with Crippen molar-refractivity contribution in [2.75, 3.05) is 0 Å². The van der Waals surface area contributed by atoms with Crippen LogP contribution >= 0.6 is 15.9 Å². The molecule has 3 heterocycles. The zero-order valence-corrected chi connectivity index (χ0v) is 19.3. The lowest BCUT2D eigenvalue weighted by Crippen LogP contribution is -1.97. The predicted molar refractivity (Wildman–Crippen MR) is 137 cm³/mol. The average molecular weight is 497 g/mol. The first-order valence-corrected chi connectivity index (χ1v) is 11.3. The summed E-state index contributed by atoms with van der Waals surface area (Å²) < 4.78 is 6.88. The van der Waals surface area contributed by atoms with Crippen LogP contribution in [0.3, 0.4) is 0 Å². The normalized spacial score (nSPS) is 11.7. The van der Waals surface area contributed by atoms with Gasteiger partial charge in [0.2, 0.25) is 0 Å². The lowest BCUT2D eigenvalue weighted by atomic mass is 10.1. The highest BCUT2D eigenvalue weighted by atomic mass is 79.9. The van der Waals surface area contributed by atoms with Gasteiger partial charge in [-0.15, -0.1) is 0 Å². The molecule has 6 heteroatoms. The monoisotopic (exact) mass is 496 g/mol. The summed E-state index contributed by atoms with van der Waals surface area (Å²) in [6.45, 7) is 0.429. The van der Waals surface area contributed by atoms with E-state index in [1.165, 1.54) is 5.39 Å².